The van der Waals surface area contributed by atoms with Crippen LogP contribution in [0.3, 0.4) is 0 Å². The maximum atomic E-state index is 12.3. The van der Waals surface area contributed by atoms with E-state index in [1.165, 1.54) is 7.11 Å². The summed E-state index contributed by atoms with van der Waals surface area (Å²) >= 11 is 0. The number of aromatic nitrogens is 2. The Morgan fingerprint density at radius 3 is 2.65 bits per heavy atom. The molecule has 174 valence electrons. The fourth-order valence-electron chi connectivity index (χ4n) is 3.73. The van der Waals surface area contributed by atoms with Gasteiger partial charge in [-0.1, -0.05) is 6.07 Å². The van der Waals surface area contributed by atoms with E-state index in [4.69, 9.17) is 24.7 Å². The third-order valence-electron chi connectivity index (χ3n) is 5.38. The Kier molecular flexibility index (Phi) is 6.27. The molecule has 1 unspecified atom stereocenters. The lowest BCUT2D eigenvalue weighted by molar-refractivity contribution is -0.118. The van der Waals surface area contributed by atoms with Gasteiger partial charge >= 0.3 is 0 Å². The van der Waals surface area contributed by atoms with Gasteiger partial charge in [0.2, 0.25) is 11.8 Å². The number of nitrogens with two attached hydrogens (primary N) is 1. The fraction of sp³-hybridized carbons (Fsp3) is 0.208. The van der Waals surface area contributed by atoms with E-state index in [1.54, 1.807) is 49.6 Å². The van der Waals surface area contributed by atoms with E-state index in [2.05, 4.69) is 21.6 Å². The van der Waals surface area contributed by atoms with Crippen LogP contribution in [0.5, 0.6) is 23.1 Å². The van der Waals surface area contributed by atoms with Crippen molar-refractivity contribution in [1.29, 1.82) is 5.26 Å². The molecule has 34 heavy (non-hydrogen) atoms. The first-order valence-electron chi connectivity index (χ1n) is 10.3. The number of methoxy groups -OCH3 is 2. The van der Waals surface area contributed by atoms with Crippen molar-refractivity contribution >= 4 is 11.6 Å². The number of nitriles is 1. The lowest BCUT2D eigenvalue weighted by atomic mass is 9.84. The number of allylic oxidation sites excluding steroid dienone is 1. The summed E-state index contributed by atoms with van der Waals surface area (Å²) in [5.41, 5.74) is 9.09. The monoisotopic (exact) mass is 461 g/mol. The smallest absolute Gasteiger partial charge is 0.262 e. The van der Waals surface area contributed by atoms with Crippen molar-refractivity contribution in [2.45, 2.75) is 12.8 Å². The highest BCUT2D eigenvalue weighted by atomic mass is 16.5. The summed E-state index contributed by atoms with van der Waals surface area (Å²) in [6.07, 6.45) is 0. The van der Waals surface area contributed by atoms with Gasteiger partial charge in [0.25, 0.3) is 5.91 Å². The summed E-state index contributed by atoms with van der Waals surface area (Å²) in [5, 5.41) is 19.5. The Hall–Kier alpha value is -4.65. The average Bonchev–Trinajstić information content (AvgIpc) is 3.22. The molecule has 10 heteroatoms. The number of nitrogens with one attached hydrogen (secondary N) is 2. The molecule has 0 radical (unpaired) electrons. The molecule has 0 saturated carbocycles. The second kappa shape index (κ2) is 9.46. The number of H-pyrrole nitrogens is 1. The van der Waals surface area contributed by atoms with Crippen LogP contribution < -0.4 is 30.0 Å². The van der Waals surface area contributed by atoms with Gasteiger partial charge in [-0.05, 0) is 48.9 Å². The zero-order chi connectivity index (χ0) is 24.2. The molecule has 0 saturated heterocycles. The second-order valence-corrected chi connectivity index (χ2v) is 7.47. The number of amides is 1. The molecule has 1 aliphatic heterocycles. The maximum absolute atomic E-state index is 12.3. The third kappa shape index (κ3) is 4.31. The van der Waals surface area contributed by atoms with Gasteiger partial charge in [0, 0.05) is 16.9 Å². The van der Waals surface area contributed by atoms with Gasteiger partial charge in [-0.15, -0.1) is 5.10 Å². The molecule has 4 rings (SSSR count). The van der Waals surface area contributed by atoms with Crippen LogP contribution >= 0.6 is 0 Å². The molecule has 0 fully saturated rings. The summed E-state index contributed by atoms with van der Waals surface area (Å²) in [4.78, 5) is 12.3. The van der Waals surface area contributed by atoms with Crippen molar-refractivity contribution in [2.75, 3.05) is 26.1 Å². The number of hydrogen-bond donors (Lipinski definition) is 3. The molecule has 0 aliphatic carbocycles. The van der Waals surface area contributed by atoms with Crippen molar-refractivity contribution in [3.8, 4) is 29.2 Å². The number of carbonyl (C=O) groups excluding carboxylic acids is 1. The van der Waals surface area contributed by atoms with E-state index in [-0.39, 0.29) is 24.0 Å². The average molecular weight is 461 g/mol. The van der Waals surface area contributed by atoms with Crippen LogP contribution in [-0.4, -0.2) is 36.9 Å². The topological polar surface area (TPSA) is 145 Å². The predicted octanol–water partition coefficient (Wildman–Crippen LogP) is 2.97. The number of benzene rings is 2. The Morgan fingerprint density at radius 2 is 1.97 bits per heavy atom. The van der Waals surface area contributed by atoms with Crippen LogP contribution in [0.4, 0.5) is 5.69 Å². The summed E-state index contributed by atoms with van der Waals surface area (Å²) in [7, 11) is 3.07. The molecular formula is C24H23N5O5. The Bertz CT molecular complexity index is 1290. The zero-order valence-electron chi connectivity index (χ0n) is 18.8. The molecule has 3 aromatic rings. The Morgan fingerprint density at radius 1 is 1.21 bits per heavy atom. The van der Waals surface area contributed by atoms with Crippen LogP contribution in [0.25, 0.3) is 0 Å². The third-order valence-corrected chi connectivity index (χ3v) is 5.38. The number of carbonyl (C=O) groups is 1. The van der Waals surface area contributed by atoms with Gasteiger partial charge in [0.05, 0.1) is 20.1 Å². The minimum Gasteiger partial charge on any atom is -0.497 e. The normalized spacial score (nSPS) is 14.5. The zero-order valence-corrected chi connectivity index (χ0v) is 18.8. The lowest BCUT2D eigenvalue weighted by Crippen LogP contribution is -2.21. The number of aromatic amines is 1. The maximum Gasteiger partial charge on any atom is 0.262 e. The highest BCUT2D eigenvalue weighted by molar-refractivity contribution is 5.91. The minimum absolute atomic E-state index is 0.000923. The van der Waals surface area contributed by atoms with Crippen LogP contribution in [-0.2, 0) is 4.79 Å². The van der Waals surface area contributed by atoms with E-state index in [9.17, 15) is 10.1 Å². The fourth-order valence-corrected chi connectivity index (χ4v) is 3.73. The van der Waals surface area contributed by atoms with Crippen molar-refractivity contribution in [1.82, 2.24) is 10.2 Å². The Balaban J connectivity index is 1.53. The minimum atomic E-state index is -0.492. The molecule has 0 spiro atoms. The van der Waals surface area contributed by atoms with Gasteiger partial charge in [0.15, 0.2) is 18.1 Å². The Labute approximate surface area is 195 Å². The first kappa shape index (κ1) is 22.5. The summed E-state index contributed by atoms with van der Waals surface area (Å²) in [6, 6.07) is 14.3. The van der Waals surface area contributed by atoms with Crippen LogP contribution in [0.15, 0.2) is 53.9 Å². The first-order chi connectivity index (χ1) is 16.4. The molecule has 1 aromatic heterocycles. The molecule has 0 bridgehead atoms. The van der Waals surface area contributed by atoms with Crippen molar-refractivity contribution in [3.63, 3.8) is 0 Å². The number of rotatable bonds is 7. The van der Waals surface area contributed by atoms with E-state index >= 15 is 0 Å². The van der Waals surface area contributed by atoms with Gasteiger partial charge < -0.3 is 30.0 Å². The van der Waals surface area contributed by atoms with E-state index in [0.29, 0.717) is 28.8 Å². The molecule has 1 amide bonds. The molecule has 10 nitrogen and oxygen atoms in total. The number of hydrogen-bond acceptors (Lipinski definition) is 8. The van der Waals surface area contributed by atoms with Gasteiger partial charge in [-0.3, -0.25) is 9.89 Å². The summed E-state index contributed by atoms with van der Waals surface area (Å²) in [5.74, 6) is 0.977. The van der Waals surface area contributed by atoms with Crippen LogP contribution in [0.2, 0.25) is 0 Å². The molecular weight excluding hydrogens is 438 g/mol. The standard InChI is InChI=1S/C24H23N5O5/c1-13-21-22(17(11-25)23(26)34-24(21)29-28-13)14-4-9-18(19(10-14)32-3)33-12-20(30)27-15-5-7-16(31-2)8-6-15/h4-10,22H,12,26H2,1-3H3,(H,27,30)(H,28,29). The van der Waals surface area contributed by atoms with Gasteiger partial charge in [-0.25, -0.2) is 0 Å². The van der Waals surface area contributed by atoms with Crippen molar-refractivity contribution in [2.24, 2.45) is 5.73 Å². The molecule has 1 aliphatic rings. The molecule has 1 atom stereocenters. The number of fused-ring (bicyclic) bond motifs is 1. The molecule has 4 N–H and O–H groups in total. The quantitative estimate of drug-likeness (QED) is 0.487. The second-order valence-electron chi connectivity index (χ2n) is 7.47. The van der Waals surface area contributed by atoms with Gasteiger partial charge in [0.1, 0.15) is 17.4 Å². The number of aryl methyl sites for hydroxylation is 1. The number of anilines is 1. The number of nitrogens with zero attached hydrogens (tertiary/aromatic N) is 2. The van der Waals surface area contributed by atoms with E-state index < -0.39 is 5.92 Å². The summed E-state index contributed by atoms with van der Waals surface area (Å²) < 4.78 is 21.8. The highest BCUT2D eigenvalue weighted by Crippen LogP contribution is 2.44. The largest absolute Gasteiger partial charge is 0.497 e. The van der Waals surface area contributed by atoms with E-state index in [0.717, 1.165) is 16.8 Å². The van der Waals surface area contributed by atoms with Gasteiger partial charge in [-0.2, -0.15) is 5.26 Å². The SMILES string of the molecule is COc1ccc(NC(=O)COc2ccc(C3C(C#N)=C(N)Oc4n[nH]c(C)c43)cc2OC)cc1. The lowest BCUT2D eigenvalue weighted by Gasteiger charge is -2.24. The first-order valence-corrected chi connectivity index (χ1v) is 10.3. The molecule has 2 heterocycles. The highest BCUT2D eigenvalue weighted by Gasteiger charge is 2.34. The molecule has 2 aromatic carbocycles. The van der Waals surface area contributed by atoms with Crippen LogP contribution in [0.1, 0.15) is 22.7 Å². The van der Waals surface area contributed by atoms with Crippen molar-refractivity contribution in [3.05, 3.63) is 70.7 Å². The van der Waals surface area contributed by atoms with E-state index in [1.807, 2.05) is 6.92 Å². The number of ether oxygens (including phenoxy) is 4. The van der Waals surface area contributed by atoms with Crippen molar-refractivity contribution < 1.29 is 23.7 Å². The summed E-state index contributed by atoms with van der Waals surface area (Å²) in [6.45, 7) is 1.62. The van der Waals surface area contributed by atoms with Crippen LogP contribution in [0, 0.1) is 18.3 Å². The predicted molar refractivity (Wildman–Crippen MR) is 123 cm³/mol.